The lowest BCUT2D eigenvalue weighted by molar-refractivity contribution is -0.0522. The van der Waals surface area contributed by atoms with E-state index in [1.54, 1.807) is 6.07 Å². The van der Waals surface area contributed by atoms with E-state index >= 15 is 0 Å². The highest BCUT2D eigenvalue weighted by atomic mass is 19.3. The van der Waals surface area contributed by atoms with Gasteiger partial charge in [0.25, 0.3) is 0 Å². The Kier molecular flexibility index (Phi) is 4.15. The van der Waals surface area contributed by atoms with E-state index < -0.39 is 12.4 Å². The van der Waals surface area contributed by atoms with E-state index in [1.165, 1.54) is 12.1 Å². The summed E-state index contributed by atoms with van der Waals surface area (Å²) in [5.41, 5.74) is 0.890. The van der Waals surface area contributed by atoms with Crippen LogP contribution < -0.4 is 4.74 Å². The lowest BCUT2D eigenvalue weighted by Crippen LogP contribution is -2.11. The summed E-state index contributed by atoms with van der Waals surface area (Å²) in [6.45, 7) is -0.767. The van der Waals surface area contributed by atoms with Gasteiger partial charge in [-0.25, -0.2) is 4.39 Å². The zero-order valence-corrected chi connectivity index (χ0v) is 10.3. The van der Waals surface area contributed by atoms with Gasteiger partial charge in [0.05, 0.1) is 0 Å². The molecule has 0 aliphatic heterocycles. The maximum Gasteiger partial charge on any atom is 0.387 e. The molecule has 1 aromatic rings. The molecule has 1 aliphatic rings. The number of halogens is 3. The summed E-state index contributed by atoms with van der Waals surface area (Å²) in [6, 6.07) is 4.33. The summed E-state index contributed by atoms with van der Waals surface area (Å²) >= 11 is 0. The molecule has 1 saturated carbocycles. The number of ether oxygens (including phenoxy) is 1. The van der Waals surface area contributed by atoms with Crippen LogP contribution in [0.25, 0.3) is 0 Å². The molecule has 0 N–H and O–H groups in total. The Morgan fingerprint density at radius 1 is 1.17 bits per heavy atom. The fourth-order valence-corrected chi connectivity index (χ4v) is 2.56. The average Bonchev–Trinajstić information content (AvgIpc) is 2.32. The molecule has 0 radical (unpaired) electrons. The van der Waals surface area contributed by atoms with E-state index in [-0.39, 0.29) is 5.75 Å². The molecular weight excluding hydrogens is 241 g/mol. The van der Waals surface area contributed by atoms with Crippen LogP contribution in [0.2, 0.25) is 0 Å². The van der Waals surface area contributed by atoms with E-state index in [0.29, 0.717) is 5.92 Å². The van der Waals surface area contributed by atoms with E-state index in [4.69, 9.17) is 0 Å². The predicted molar refractivity (Wildman–Crippen MR) is 63.4 cm³/mol. The van der Waals surface area contributed by atoms with Gasteiger partial charge in [-0.3, -0.25) is 0 Å². The van der Waals surface area contributed by atoms with Gasteiger partial charge in [-0.1, -0.05) is 25.8 Å². The molecule has 4 heteroatoms. The quantitative estimate of drug-likeness (QED) is 0.762. The molecule has 0 aromatic heterocycles. The Hall–Kier alpha value is -1.19. The minimum absolute atomic E-state index is 0.344. The fourth-order valence-electron chi connectivity index (χ4n) is 2.56. The highest BCUT2D eigenvalue weighted by molar-refractivity contribution is 5.31. The normalized spacial score (nSPS) is 24.3. The van der Waals surface area contributed by atoms with Crippen molar-refractivity contribution in [3.63, 3.8) is 0 Å². The highest BCUT2D eigenvalue weighted by Gasteiger charge is 2.21. The van der Waals surface area contributed by atoms with Crippen molar-refractivity contribution in [2.45, 2.75) is 45.1 Å². The predicted octanol–water partition coefficient (Wildman–Crippen LogP) is 4.72. The number of alkyl halides is 2. The second kappa shape index (κ2) is 5.63. The van der Waals surface area contributed by atoms with Gasteiger partial charge in [0.15, 0.2) is 11.6 Å². The van der Waals surface area contributed by atoms with Crippen molar-refractivity contribution in [3.8, 4) is 5.75 Å². The van der Waals surface area contributed by atoms with Crippen LogP contribution in [0.15, 0.2) is 18.2 Å². The standard InChI is InChI=1S/C14H17F3O/c1-9-2-4-10(5-3-9)11-6-7-13(12(15)8-11)18-14(16)17/h6-10,14H,2-5H2,1H3. The van der Waals surface area contributed by atoms with Gasteiger partial charge in [0.1, 0.15) is 0 Å². The summed E-state index contributed by atoms with van der Waals surface area (Å²) in [7, 11) is 0. The van der Waals surface area contributed by atoms with Crippen LogP contribution in [0.3, 0.4) is 0 Å². The molecule has 0 amide bonds. The van der Waals surface area contributed by atoms with Gasteiger partial charge in [-0.2, -0.15) is 8.78 Å². The lowest BCUT2D eigenvalue weighted by atomic mass is 9.79. The average molecular weight is 258 g/mol. The third-order valence-corrected chi connectivity index (χ3v) is 3.66. The zero-order chi connectivity index (χ0) is 13.1. The molecule has 1 nitrogen and oxygen atoms in total. The first-order valence-electron chi connectivity index (χ1n) is 6.30. The number of hydrogen-bond donors (Lipinski definition) is 0. The minimum Gasteiger partial charge on any atom is -0.432 e. The molecule has 1 fully saturated rings. The van der Waals surface area contributed by atoms with Crippen LogP contribution in [-0.2, 0) is 0 Å². The maximum absolute atomic E-state index is 13.6. The first-order valence-corrected chi connectivity index (χ1v) is 6.30. The van der Waals surface area contributed by atoms with Gasteiger partial charge < -0.3 is 4.74 Å². The smallest absolute Gasteiger partial charge is 0.387 e. The molecule has 1 aliphatic carbocycles. The summed E-state index contributed by atoms with van der Waals surface area (Å²) in [5.74, 6) is -0.00631. The molecule has 0 bridgehead atoms. The van der Waals surface area contributed by atoms with Crippen molar-refractivity contribution >= 4 is 0 Å². The van der Waals surface area contributed by atoms with Crippen molar-refractivity contribution in [2.75, 3.05) is 0 Å². The topological polar surface area (TPSA) is 9.23 Å². The zero-order valence-electron chi connectivity index (χ0n) is 10.3. The first-order chi connectivity index (χ1) is 8.56. The largest absolute Gasteiger partial charge is 0.432 e. The third kappa shape index (κ3) is 3.18. The van der Waals surface area contributed by atoms with Crippen LogP contribution in [0.1, 0.15) is 44.1 Å². The molecule has 0 saturated heterocycles. The SMILES string of the molecule is CC1CCC(c2ccc(OC(F)F)c(F)c2)CC1. The van der Waals surface area contributed by atoms with Crippen LogP contribution in [-0.4, -0.2) is 6.61 Å². The Bertz CT molecular complexity index is 398. The summed E-state index contributed by atoms with van der Waals surface area (Å²) in [6.07, 6.45) is 4.36. The molecular formula is C14H17F3O. The molecule has 18 heavy (non-hydrogen) atoms. The van der Waals surface area contributed by atoms with Crippen LogP contribution in [0.5, 0.6) is 5.75 Å². The van der Waals surface area contributed by atoms with Crippen molar-refractivity contribution in [1.82, 2.24) is 0 Å². The van der Waals surface area contributed by atoms with Crippen LogP contribution in [0, 0.1) is 11.7 Å². The number of hydrogen-bond acceptors (Lipinski definition) is 1. The van der Waals surface area contributed by atoms with E-state index in [1.807, 2.05) is 0 Å². The van der Waals surface area contributed by atoms with Gasteiger partial charge >= 0.3 is 6.61 Å². The minimum atomic E-state index is -2.99. The van der Waals surface area contributed by atoms with Gasteiger partial charge in [0, 0.05) is 0 Å². The monoisotopic (exact) mass is 258 g/mol. The number of rotatable bonds is 3. The first kappa shape index (κ1) is 13.2. The molecule has 0 heterocycles. The van der Waals surface area contributed by atoms with Crippen LogP contribution >= 0.6 is 0 Å². The lowest BCUT2D eigenvalue weighted by Gasteiger charge is -2.26. The van der Waals surface area contributed by atoms with Crippen molar-refractivity contribution in [2.24, 2.45) is 5.92 Å². The van der Waals surface area contributed by atoms with Gasteiger partial charge in [0.2, 0.25) is 0 Å². The Morgan fingerprint density at radius 3 is 2.39 bits per heavy atom. The molecule has 100 valence electrons. The van der Waals surface area contributed by atoms with Crippen molar-refractivity contribution in [3.05, 3.63) is 29.6 Å². The summed E-state index contributed by atoms with van der Waals surface area (Å²) in [4.78, 5) is 0. The van der Waals surface area contributed by atoms with Crippen molar-refractivity contribution < 1.29 is 17.9 Å². The fraction of sp³-hybridized carbons (Fsp3) is 0.571. The number of benzene rings is 1. The molecule has 1 aromatic carbocycles. The molecule has 0 unspecified atom stereocenters. The second-order valence-corrected chi connectivity index (χ2v) is 5.03. The molecule has 2 rings (SSSR count). The Labute approximate surface area is 105 Å². The van der Waals surface area contributed by atoms with E-state index in [0.717, 1.165) is 37.2 Å². The molecule has 0 atom stereocenters. The summed E-state index contributed by atoms with van der Waals surface area (Å²) in [5, 5.41) is 0. The van der Waals surface area contributed by atoms with Gasteiger partial charge in [-0.15, -0.1) is 0 Å². The Balaban J connectivity index is 2.08. The van der Waals surface area contributed by atoms with Crippen LogP contribution in [0.4, 0.5) is 13.2 Å². The van der Waals surface area contributed by atoms with E-state index in [9.17, 15) is 13.2 Å². The Morgan fingerprint density at radius 2 is 1.83 bits per heavy atom. The third-order valence-electron chi connectivity index (χ3n) is 3.66. The van der Waals surface area contributed by atoms with Gasteiger partial charge in [-0.05, 0) is 42.4 Å². The highest BCUT2D eigenvalue weighted by Crippen LogP contribution is 2.36. The van der Waals surface area contributed by atoms with E-state index in [2.05, 4.69) is 11.7 Å². The summed E-state index contributed by atoms with van der Waals surface area (Å²) < 4.78 is 41.7. The van der Waals surface area contributed by atoms with Crippen molar-refractivity contribution in [1.29, 1.82) is 0 Å². The molecule has 0 spiro atoms. The maximum atomic E-state index is 13.6. The second-order valence-electron chi connectivity index (χ2n) is 5.03.